The average Bonchev–Trinajstić information content (AvgIpc) is 3.33. The van der Waals surface area contributed by atoms with Crippen molar-refractivity contribution in [2.24, 2.45) is 0 Å². The Labute approximate surface area is 151 Å². The van der Waals surface area contributed by atoms with Crippen LogP contribution in [0.3, 0.4) is 0 Å². The standard InChI is InChI=1S/C16H15F2N5O2S/c17-15(18)25-12-3-1-2-11(10-12)22-5-7-23(8-6-22)16-20-19-14(26-16)13-4-9-24-21-13/h1-4,9-10,15H,5-8H2. The zero-order valence-electron chi connectivity index (χ0n) is 13.6. The van der Waals surface area contributed by atoms with E-state index in [1.165, 1.54) is 23.7 Å². The Kier molecular flexibility index (Phi) is 4.65. The lowest BCUT2D eigenvalue weighted by Gasteiger charge is -2.35. The zero-order valence-corrected chi connectivity index (χ0v) is 14.4. The predicted octanol–water partition coefficient (Wildman–Crippen LogP) is 3.12. The van der Waals surface area contributed by atoms with E-state index in [1.54, 1.807) is 18.2 Å². The van der Waals surface area contributed by atoms with E-state index in [2.05, 4.69) is 29.9 Å². The maximum atomic E-state index is 12.4. The van der Waals surface area contributed by atoms with Crippen LogP contribution < -0.4 is 14.5 Å². The van der Waals surface area contributed by atoms with E-state index in [-0.39, 0.29) is 5.75 Å². The molecule has 136 valence electrons. The van der Waals surface area contributed by atoms with Gasteiger partial charge in [-0.15, -0.1) is 10.2 Å². The molecule has 0 bridgehead atoms. The molecular formula is C16H15F2N5O2S. The monoisotopic (exact) mass is 379 g/mol. The fourth-order valence-corrected chi connectivity index (χ4v) is 3.64. The molecule has 3 heterocycles. The lowest BCUT2D eigenvalue weighted by atomic mass is 10.2. The number of alkyl halides is 2. The van der Waals surface area contributed by atoms with E-state index in [0.717, 1.165) is 37.0 Å². The number of benzene rings is 1. The number of piperazine rings is 1. The molecule has 26 heavy (non-hydrogen) atoms. The number of anilines is 2. The minimum atomic E-state index is -2.82. The van der Waals surface area contributed by atoms with Crippen molar-refractivity contribution in [2.75, 3.05) is 36.0 Å². The molecule has 0 saturated carbocycles. The summed E-state index contributed by atoms with van der Waals surface area (Å²) in [7, 11) is 0. The van der Waals surface area contributed by atoms with Crippen LogP contribution in [0, 0.1) is 0 Å². The van der Waals surface area contributed by atoms with Gasteiger partial charge in [-0.3, -0.25) is 0 Å². The van der Waals surface area contributed by atoms with Crippen LogP contribution in [0.4, 0.5) is 19.6 Å². The maximum Gasteiger partial charge on any atom is 0.387 e. The van der Waals surface area contributed by atoms with Crippen LogP contribution in [-0.2, 0) is 0 Å². The molecule has 1 fully saturated rings. The Morgan fingerprint density at radius 1 is 1.08 bits per heavy atom. The van der Waals surface area contributed by atoms with Crippen molar-refractivity contribution < 1.29 is 18.0 Å². The van der Waals surface area contributed by atoms with Gasteiger partial charge >= 0.3 is 6.61 Å². The van der Waals surface area contributed by atoms with Crippen LogP contribution in [0.15, 0.2) is 41.1 Å². The second kappa shape index (κ2) is 7.24. The summed E-state index contributed by atoms with van der Waals surface area (Å²) in [6.45, 7) is 0.188. The lowest BCUT2D eigenvalue weighted by molar-refractivity contribution is -0.0498. The van der Waals surface area contributed by atoms with Crippen molar-refractivity contribution in [1.29, 1.82) is 0 Å². The van der Waals surface area contributed by atoms with Crippen molar-refractivity contribution >= 4 is 22.2 Å². The third-order valence-electron chi connectivity index (χ3n) is 4.03. The van der Waals surface area contributed by atoms with Gasteiger partial charge < -0.3 is 19.1 Å². The van der Waals surface area contributed by atoms with Gasteiger partial charge in [0.15, 0.2) is 5.01 Å². The summed E-state index contributed by atoms with van der Waals surface area (Å²) in [6, 6.07) is 8.51. The van der Waals surface area contributed by atoms with Crippen molar-refractivity contribution in [2.45, 2.75) is 6.61 Å². The normalized spacial score (nSPS) is 14.9. The van der Waals surface area contributed by atoms with Crippen molar-refractivity contribution in [3.63, 3.8) is 0 Å². The Hall–Kier alpha value is -2.75. The van der Waals surface area contributed by atoms with Crippen LogP contribution in [0.25, 0.3) is 10.7 Å². The van der Waals surface area contributed by atoms with Crippen LogP contribution >= 0.6 is 11.3 Å². The highest BCUT2D eigenvalue weighted by molar-refractivity contribution is 7.18. The van der Waals surface area contributed by atoms with E-state index in [1.807, 2.05) is 6.07 Å². The highest BCUT2D eigenvalue weighted by atomic mass is 32.1. The van der Waals surface area contributed by atoms with Gasteiger partial charge in [-0.05, 0) is 12.1 Å². The second-order valence-corrected chi connectivity index (χ2v) is 6.58. The van der Waals surface area contributed by atoms with Crippen molar-refractivity contribution in [3.05, 3.63) is 36.6 Å². The first kappa shape index (κ1) is 16.7. The Balaban J connectivity index is 1.40. The Morgan fingerprint density at radius 3 is 2.62 bits per heavy atom. The van der Waals surface area contributed by atoms with Gasteiger partial charge in [0.1, 0.15) is 17.7 Å². The van der Waals surface area contributed by atoms with Gasteiger partial charge in [0, 0.05) is 44.0 Å². The third-order valence-corrected chi connectivity index (χ3v) is 5.04. The molecule has 0 unspecified atom stereocenters. The molecule has 0 amide bonds. The van der Waals surface area contributed by atoms with Gasteiger partial charge in [0.2, 0.25) is 5.13 Å². The predicted molar refractivity (Wildman–Crippen MR) is 92.9 cm³/mol. The van der Waals surface area contributed by atoms with Crippen LogP contribution in [0.1, 0.15) is 0 Å². The number of hydrogen-bond donors (Lipinski definition) is 0. The molecule has 10 heteroatoms. The highest BCUT2D eigenvalue weighted by Gasteiger charge is 2.21. The second-order valence-electron chi connectivity index (χ2n) is 5.62. The van der Waals surface area contributed by atoms with Gasteiger partial charge in [-0.1, -0.05) is 22.6 Å². The lowest BCUT2D eigenvalue weighted by Crippen LogP contribution is -2.46. The quantitative estimate of drug-likeness (QED) is 0.675. The molecule has 7 nitrogen and oxygen atoms in total. The Bertz CT molecular complexity index is 850. The smallest absolute Gasteiger partial charge is 0.387 e. The first-order valence-electron chi connectivity index (χ1n) is 7.98. The van der Waals surface area contributed by atoms with E-state index < -0.39 is 6.61 Å². The number of hydrogen-bond acceptors (Lipinski definition) is 8. The summed E-state index contributed by atoms with van der Waals surface area (Å²) in [5.74, 6) is 0.168. The van der Waals surface area contributed by atoms with E-state index in [0.29, 0.717) is 10.7 Å². The summed E-state index contributed by atoms with van der Waals surface area (Å²) in [4.78, 5) is 4.28. The number of rotatable bonds is 5. The third kappa shape index (κ3) is 3.59. The van der Waals surface area contributed by atoms with Crippen LogP contribution in [0.5, 0.6) is 5.75 Å². The molecule has 1 saturated heterocycles. The SMILES string of the molecule is FC(F)Oc1cccc(N2CCN(c3nnc(-c4ccon4)s3)CC2)c1. The van der Waals surface area contributed by atoms with E-state index in [9.17, 15) is 8.78 Å². The van der Waals surface area contributed by atoms with Crippen LogP contribution in [-0.4, -0.2) is 48.1 Å². The van der Waals surface area contributed by atoms with E-state index in [4.69, 9.17) is 4.52 Å². The summed E-state index contributed by atoms with van der Waals surface area (Å²) >= 11 is 1.46. The molecule has 0 radical (unpaired) electrons. The molecule has 0 aliphatic carbocycles. The summed E-state index contributed by atoms with van der Waals surface area (Å²) in [5, 5.41) is 13.8. The average molecular weight is 379 g/mol. The fraction of sp³-hybridized carbons (Fsp3) is 0.312. The number of halogens is 2. The summed E-state index contributed by atoms with van der Waals surface area (Å²) in [6.07, 6.45) is 1.50. The molecule has 1 aliphatic heterocycles. The first-order valence-corrected chi connectivity index (χ1v) is 8.80. The van der Waals surface area contributed by atoms with Crippen molar-refractivity contribution in [3.8, 4) is 16.5 Å². The van der Waals surface area contributed by atoms with Gasteiger partial charge in [0.05, 0.1) is 0 Å². The fourth-order valence-electron chi connectivity index (χ4n) is 2.78. The largest absolute Gasteiger partial charge is 0.435 e. The van der Waals surface area contributed by atoms with Gasteiger partial charge in [-0.2, -0.15) is 8.78 Å². The maximum absolute atomic E-state index is 12.4. The molecule has 0 atom stereocenters. The molecule has 4 rings (SSSR count). The number of aromatic nitrogens is 3. The molecule has 1 aliphatic rings. The summed E-state index contributed by atoms with van der Waals surface area (Å²) in [5.41, 5.74) is 1.53. The number of ether oxygens (including phenoxy) is 1. The van der Waals surface area contributed by atoms with Crippen molar-refractivity contribution in [1.82, 2.24) is 15.4 Å². The molecular weight excluding hydrogens is 364 g/mol. The molecule has 3 aromatic rings. The van der Waals surface area contributed by atoms with Gasteiger partial charge in [-0.25, -0.2) is 0 Å². The topological polar surface area (TPSA) is 67.5 Å². The summed E-state index contributed by atoms with van der Waals surface area (Å²) < 4.78 is 34.1. The van der Waals surface area contributed by atoms with E-state index >= 15 is 0 Å². The Morgan fingerprint density at radius 2 is 1.88 bits per heavy atom. The van der Waals surface area contributed by atoms with Gasteiger partial charge in [0.25, 0.3) is 0 Å². The molecule has 0 spiro atoms. The molecule has 0 N–H and O–H groups in total. The highest BCUT2D eigenvalue weighted by Crippen LogP contribution is 2.29. The first-order chi connectivity index (χ1) is 12.7. The minimum absolute atomic E-state index is 0.168. The molecule has 1 aromatic carbocycles. The number of nitrogens with zero attached hydrogens (tertiary/aromatic N) is 5. The minimum Gasteiger partial charge on any atom is -0.435 e. The zero-order chi connectivity index (χ0) is 17.9. The van der Waals surface area contributed by atoms with Crippen LogP contribution in [0.2, 0.25) is 0 Å². The molecule has 2 aromatic heterocycles.